The van der Waals surface area contributed by atoms with E-state index in [2.05, 4.69) is 0 Å². The molecule has 1 saturated carbocycles. The fourth-order valence-electron chi connectivity index (χ4n) is 1.59. The second-order valence-electron chi connectivity index (χ2n) is 3.83. The summed E-state index contributed by atoms with van der Waals surface area (Å²) in [7, 11) is 0. The van der Waals surface area contributed by atoms with E-state index in [-0.39, 0.29) is 12.0 Å². The third-order valence-corrected chi connectivity index (χ3v) is 2.61. The average Bonchev–Trinajstić information content (AvgIpc) is 2.99. The first-order valence-corrected chi connectivity index (χ1v) is 5.15. The number of benzene rings is 1. The zero-order valence-electron chi connectivity index (χ0n) is 8.43. The molecule has 80 valence electrons. The maximum absolute atomic E-state index is 10.5. The standard InChI is InChI=1S/C12H14O3/c13-12(14)10-8-11(10)15-7-6-9-4-2-1-3-5-9/h1-5,10-11H,6-8H2,(H,13,14)/t10-,11-/m0/s1. The third-order valence-electron chi connectivity index (χ3n) is 2.61. The van der Waals surface area contributed by atoms with Gasteiger partial charge < -0.3 is 9.84 Å². The molecule has 15 heavy (non-hydrogen) atoms. The number of hydrogen-bond donors (Lipinski definition) is 1. The lowest BCUT2D eigenvalue weighted by Crippen LogP contribution is -2.07. The number of hydrogen-bond acceptors (Lipinski definition) is 2. The molecule has 1 aliphatic carbocycles. The predicted molar refractivity (Wildman–Crippen MR) is 55.6 cm³/mol. The van der Waals surface area contributed by atoms with E-state index in [1.807, 2.05) is 30.3 Å². The largest absolute Gasteiger partial charge is 0.481 e. The summed E-state index contributed by atoms with van der Waals surface area (Å²) in [5.41, 5.74) is 1.23. The van der Waals surface area contributed by atoms with Gasteiger partial charge in [0.1, 0.15) is 0 Å². The van der Waals surface area contributed by atoms with Crippen molar-refractivity contribution in [3.8, 4) is 0 Å². The van der Waals surface area contributed by atoms with E-state index in [0.29, 0.717) is 13.0 Å². The van der Waals surface area contributed by atoms with Gasteiger partial charge in [-0.15, -0.1) is 0 Å². The van der Waals surface area contributed by atoms with Crippen LogP contribution in [0.4, 0.5) is 0 Å². The van der Waals surface area contributed by atoms with Gasteiger partial charge in [-0.1, -0.05) is 30.3 Å². The Balaban J connectivity index is 1.67. The topological polar surface area (TPSA) is 46.5 Å². The second-order valence-corrected chi connectivity index (χ2v) is 3.83. The van der Waals surface area contributed by atoms with Crippen LogP contribution in [0, 0.1) is 5.92 Å². The van der Waals surface area contributed by atoms with Crippen LogP contribution in [0.25, 0.3) is 0 Å². The summed E-state index contributed by atoms with van der Waals surface area (Å²) < 4.78 is 5.45. The Morgan fingerprint density at radius 1 is 1.40 bits per heavy atom. The van der Waals surface area contributed by atoms with Crippen LogP contribution >= 0.6 is 0 Å². The van der Waals surface area contributed by atoms with Crippen LogP contribution in [0.15, 0.2) is 30.3 Å². The van der Waals surface area contributed by atoms with Crippen LogP contribution in [0.5, 0.6) is 0 Å². The SMILES string of the molecule is O=C(O)[C@H]1C[C@@H]1OCCc1ccccc1. The number of rotatable bonds is 5. The maximum atomic E-state index is 10.5. The van der Waals surface area contributed by atoms with Crippen LogP contribution in [-0.2, 0) is 16.0 Å². The van der Waals surface area contributed by atoms with Crippen molar-refractivity contribution in [1.29, 1.82) is 0 Å². The Labute approximate surface area is 88.7 Å². The number of carboxylic acid groups (broad SMARTS) is 1. The molecule has 0 bridgehead atoms. The predicted octanol–water partition coefficient (Wildman–Crippen LogP) is 1.72. The van der Waals surface area contributed by atoms with E-state index >= 15 is 0 Å². The average molecular weight is 206 g/mol. The molecule has 3 heteroatoms. The highest BCUT2D eigenvalue weighted by Gasteiger charge is 2.44. The van der Waals surface area contributed by atoms with Gasteiger partial charge in [0.2, 0.25) is 0 Å². The molecule has 1 aliphatic rings. The van der Waals surface area contributed by atoms with Gasteiger partial charge in [-0.05, 0) is 18.4 Å². The molecular formula is C12H14O3. The van der Waals surface area contributed by atoms with Crippen molar-refractivity contribution in [3.63, 3.8) is 0 Å². The van der Waals surface area contributed by atoms with Gasteiger partial charge in [-0.2, -0.15) is 0 Å². The highest BCUT2D eigenvalue weighted by molar-refractivity contribution is 5.74. The number of carbonyl (C=O) groups is 1. The van der Waals surface area contributed by atoms with Crippen LogP contribution in [0.1, 0.15) is 12.0 Å². The van der Waals surface area contributed by atoms with Gasteiger partial charge in [0, 0.05) is 0 Å². The zero-order valence-corrected chi connectivity index (χ0v) is 8.43. The number of ether oxygens (including phenoxy) is 1. The summed E-state index contributed by atoms with van der Waals surface area (Å²) >= 11 is 0. The van der Waals surface area contributed by atoms with Crippen LogP contribution in [-0.4, -0.2) is 23.8 Å². The molecule has 0 unspecified atom stereocenters. The molecule has 0 aliphatic heterocycles. The fraction of sp³-hybridized carbons (Fsp3) is 0.417. The minimum absolute atomic E-state index is 0.0498. The van der Waals surface area contributed by atoms with E-state index in [0.717, 1.165) is 6.42 Å². The summed E-state index contributed by atoms with van der Waals surface area (Å²) in [6, 6.07) is 10.1. The van der Waals surface area contributed by atoms with Gasteiger partial charge in [0.15, 0.2) is 0 Å². The highest BCUT2D eigenvalue weighted by atomic mass is 16.5. The van der Waals surface area contributed by atoms with E-state index in [1.165, 1.54) is 5.56 Å². The Bertz CT molecular complexity index is 334. The smallest absolute Gasteiger partial charge is 0.309 e. The minimum atomic E-state index is -0.736. The van der Waals surface area contributed by atoms with Crippen molar-refractivity contribution in [3.05, 3.63) is 35.9 Å². The van der Waals surface area contributed by atoms with Crippen LogP contribution in [0.3, 0.4) is 0 Å². The maximum Gasteiger partial charge on any atom is 0.309 e. The molecule has 0 amide bonds. The Hall–Kier alpha value is -1.35. The number of aliphatic carboxylic acids is 1. The van der Waals surface area contributed by atoms with Crippen LogP contribution in [0.2, 0.25) is 0 Å². The molecule has 2 rings (SSSR count). The summed E-state index contributed by atoms with van der Waals surface area (Å²) in [4.78, 5) is 10.5. The molecule has 0 spiro atoms. The molecule has 0 radical (unpaired) electrons. The molecule has 1 N–H and O–H groups in total. The Morgan fingerprint density at radius 2 is 2.13 bits per heavy atom. The summed E-state index contributed by atoms with van der Waals surface area (Å²) in [6.07, 6.45) is 1.47. The summed E-state index contributed by atoms with van der Waals surface area (Å²) in [5.74, 6) is -1.000. The van der Waals surface area contributed by atoms with Crippen molar-refractivity contribution in [1.82, 2.24) is 0 Å². The molecular weight excluding hydrogens is 192 g/mol. The molecule has 0 saturated heterocycles. The van der Waals surface area contributed by atoms with Crippen molar-refractivity contribution in [2.24, 2.45) is 5.92 Å². The van der Waals surface area contributed by atoms with Gasteiger partial charge in [-0.25, -0.2) is 0 Å². The number of carboxylic acids is 1. The highest BCUT2D eigenvalue weighted by Crippen LogP contribution is 2.33. The normalized spacial score (nSPS) is 23.7. The summed E-state index contributed by atoms with van der Waals surface area (Å²) in [6.45, 7) is 0.610. The summed E-state index contributed by atoms with van der Waals surface area (Å²) in [5, 5.41) is 8.66. The minimum Gasteiger partial charge on any atom is -0.481 e. The van der Waals surface area contributed by atoms with Gasteiger partial charge >= 0.3 is 5.97 Å². The van der Waals surface area contributed by atoms with Gasteiger partial charge in [0.05, 0.1) is 18.6 Å². The van der Waals surface area contributed by atoms with E-state index in [9.17, 15) is 4.79 Å². The van der Waals surface area contributed by atoms with Crippen molar-refractivity contribution >= 4 is 5.97 Å². The fourth-order valence-corrected chi connectivity index (χ4v) is 1.59. The molecule has 1 fully saturated rings. The lowest BCUT2D eigenvalue weighted by molar-refractivity contribution is -0.139. The first-order valence-electron chi connectivity index (χ1n) is 5.15. The first kappa shape index (κ1) is 10.2. The monoisotopic (exact) mass is 206 g/mol. The lowest BCUT2D eigenvalue weighted by Gasteiger charge is -2.02. The van der Waals surface area contributed by atoms with Crippen molar-refractivity contribution in [2.45, 2.75) is 18.9 Å². The van der Waals surface area contributed by atoms with Crippen LogP contribution < -0.4 is 0 Å². The Morgan fingerprint density at radius 3 is 2.73 bits per heavy atom. The first-order chi connectivity index (χ1) is 7.27. The Kier molecular flexibility index (Phi) is 3.02. The molecule has 0 heterocycles. The van der Waals surface area contributed by atoms with Crippen molar-refractivity contribution in [2.75, 3.05) is 6.61 Å². The molecule has 1 aromatic carbocycles. The molecule has 0 aromatic heterocycles. The zero-order chi connectivity index (χ0) is 10.7. The van der Waals surface area contributed by atoms with E-state index < -0.39 is 5.97 Å². The van der Waals surface area contributed by atoms with Crippen molar-refractivity contribution < 1.29 is 14.6 Å². The quantitative estimate of drug-likeness (QED) is 0.797. The molecule has 3 nitrogen and oxygen atoms in total. The van der Waals surface area contributed by atoms with Gasteiger partial charge in [-0.3, -0.25) is 4.79 Å². The third kappa shape index (κ3) is 2.80. The lowest BCUT2D eigenvalue weighted by atomic mass is 10.2. The molecule has 2 atom stereocenters. The molecule has 1 aromatic rings. The van der Waals surface area contributed by atoms with E-state index in [4.69, 9.17) is 9.84 Å². The van der Waals surface area contributed by atoms with E-state index in [1.54, 1.807) is 0 Å². The second kappa shape index (κ2) is 4.45. The van der Waals surface area contributed by atoms with Gasteiger partial charge in [0.25, 0.3) is 0 Å².